The summed E-state index contributed by atoms with van der Waals surface area (Å²) in [6.07, 6.45) is 4.59. The maximum Gasteiger partial charge on any atom is 0.133 e. The van der Waals surface area contributed by atoms with Crippen LogP contribution < -0.4 is 10.6 Å². The highest BCUT2D eigenvalue weighted by molar-refractivity contribution is 5.47. The largest absolute Gasteiger partial charge is 0.376 e. The average molecular weight is 250 g/mol. The van der Waals surface area contributed by atoms with Gasteiger partial charge in [0.2, 0.25) is 0 Å². The fourth-order valence-corrected chi connectivity index (χ4v) is 2.07. The van der Waals surface area contributed by atoms with Gasteiger partial charge >= 0.3 is 0 Å². The van der Waals surface area contributed by atoms with Crippen molar-refractivity contribution in [1.82, 2.24) is 9.97 Å². The van der Waals surface area contributed by atoms with E-state index in [-0.39, 0.29) is 0 Å². The van der Waals surface area contributed by atoms with E-state index in [1.54, 1.807) is 0 Å². The van der Waals surface area contributed by atoms with Crippen molar-refractivity contribution in [1.29, 1.82) is 0 Å². The zero-order valence-corrected chi connectivity index (χ0v) is 11.2. The molecule has 1 fully saturated rings. The van der Waals surface area contributed by atoms with Crippen LogP contribution in [0.1, 0.15) is 32.0 Å². The molecule has 1 aliphatic heterocycles. The van der Waals surface area contributed by atoms with Crippen molar-refractivity contribution in [3.8, 4) is 0 Å². The quantitative estimate of drug-likeness (QED) is 0.809. The van der Waals surface area contributed by atoms with Crippen LogP contribution in [0.5, 0.6) is 0 Å². The second-order valence-electron chi connectivity index (χ2n) is 4.57. The number of rotatable bonds is 6. The number of hydrogen-bond acceptors (Lipinski definition) is 5. The molecule has 2 rings (SSSR count). The number of ether oxygens (including phenoxy) is 1. The average Bonchev–Trinajstić information content (AvgIpc) is 2.89. The molecule has 0 radical (unpaired) electrons. The molecule has 1 aliphatic rings. The molecule has 0 amide bonds. The smallest absolute Gasteiger partial charge is 0.133 e. The highest BCUT2D eigenvalue weighted by Gasteiger charge is 2.15. The first-order chi connectivity index (χ1) is 8.81. The Morgan fingerprint density at radius 1 is 1.39 bits per heavy atom. The molecular formula is C13H22N4O. The fourth-order valence-electron chi connectivity index (χ4n) is 2.07. The zero-order valence-electron chi connectivity index (χ0n) is 11.2. The van der Waals surface area contributed by atoms with Crippen LogP contribution in [0.15, 0.2) is 6.07 Å². The number of aromatic nitrogens is 2. The van der Waals surface area contributed by atoms with Gasteiger partial charge in [-0.1, -0.05) is 6.92 Å². The van der Waals surface area contributed by atoms with E-state index in [4.69, 9.17) is 4.74 Å². The van der Waals surface area contributed by atoms with Crippen molar-refractivity contribution in [2.75, 3.05) is 30.8 Å². The van der Waals surface area contributed by atoms with Crippen LogP contribution in [0.3, 0.4) is 0 Å². The summed E-state index contributed by atoms with van der Waals surface area (Å²) in [6.45, 7) is 3.85. The predicted molar refractivity (Wildman–Crippen MR) is 73.0 cm³/mol. The summed E-state index contributed by atoms with van der Waals surface area (Å²) in [5.74, 6) is 2.63. The zero-order chi connectivity index (χ0) is 12.8. The van der Waals surface area contributed by atoms with Crippen molar-refractivity contribution < 1.29 is 4.74 Å². The van der Waals surface area contributed by atoms with Crippen molar-refractivity contribution >= 4 is 11.6 Å². The molecule has 0 aliphatic carbocycles. The van der Waals surface area contributed by atoms with E-state index in [1.165, 1.54) is 6.42 Å². The van der Waals surface area contributed by atoms with Gasteiger partial charge in [0.05, 0.1) is 6.10 Å². The third kappa shape index (κ3) is 3.57. The summed E-state index contributed by atoms with van der Waals surface area (Å²) in [4.78, 5) is 8.94. The summed E-state index contributed by atoms with van der Waals surface area (Å²) >= 11 is 0. The third-order valence-corrected chi connectivity index (χ3v) is 3.04. The van der Waals surface area contributed by atoms with Crippen LogP contribution in [0.25, 0.3) is 0 Å². The van der Waals surface area contributed by atoms with E-state index in [0.29, 0.717) is 6.10 Å². The first kappa shape index (κ1) is 13.1. The molecule has 18 heavy (non-hydrogen) atoms. The molecule has 1 aromatic heterocycles. The predicted octanol–water partition coefficient (Wildman–Crippen LogP) is 2.06. The van der Waals surface area contributed by atoms with Crippen LogP contribution >= 0.6 is 0 Å². The number of hydrogen-bond donors (Lipinski definition) is 2. The summed E-state index contributed by atoms with van der Waals surface area (Å²) in [5.41, 5.74) is 0. The molecule has 0 spiro atoms. The Morgan fingerprint density at radius 3 is 2.89 bits per heavy atom. The molecule has 0 saturated carbocycles. The van der Waals surface area contributed by atoms with E-state index in [1.807, 2.05) is 13.1 Å². The first-order valence-corrected chi connectivity index (χ1v) is 6.73. The number of nitrogens with zero attached hydrogens (tertiary/aromatic N) is 2. The lowest BCUT2D eigenvalue weighted by molar-refractivity contribution is 0.120. The van der Waals surface area contributed by atoms with Gasteiger partial charge in [0.25, 0.3) is 0 Å². The highest BCUT2D eigenvalue weighted by Crippen LogP contribution is 2.15. The Bertz CT molecular complexity index is 377. The van der Waals surface area contributed by atoms with Gasteiger partial charge < -0.3 is 15.4 Å². The highest BCUT2D eigenvalue weighted by atomic mass is 16.5. The number of nitrogens with one attached hydrogen (secondary N) is 2. The third-order valence-electron chi connectivity index (χ3n) is 3.04. The van der Waals surface area contributed by atoms with E-state index in [2.05, 4.69) is 27.5 Å². The molecule has 2 heterocycles. The first-order valence-electron chi connectivity index (χ1n) is 6.73. The minimum atomic E-state index is 0.327. The summed E-state index contributed by atoms with van der Waals surface area (Å²) in [6, 6.07) is 1.94. The molecule has 5 heteroatoms. The monoisotopic (exact) mass is 250 g/mol. The molecule has 100 valence electrons. The van der Waals surface area contributed by atoms with Gasteiger partial charge in [0, 0.05) is 32.7 Å². The van der Waals surface area contributed by atoms with E-state index < -0.39 is 0 Å². The Labute approximate surface area is 108 Å². The van der Waals surface area contributed by atoms with Crippen LogP contribution in [0.2, 0.25) is 0 Å². The van der Waals surface area contributed by atoms with Crippen molar-refractivity contribution in [3.05, 3.63) is 11.9 Å². The standard InChI is InChI=1S/C13H22N4O/c1-3-5-11-16-12(14-2)8-13(17-11)15-9-10-6-4-7-18-10/h8,10H,3-7,9H2,1-2H3,(H2,14,15,16,17). The Morgan fingerprint density at radius 2 is 2.22 bits per heavy atom. The Balaban J connectivity index is 1.98. The molecule has 0 aromatic carbocycles. The lowest BCUT2D eigenvalue weighted by Crippen LogP contribution is -2.19. The second-order valence-corrected chi connectivity index (χ2v) is 4.57. The van der Waals surface area contributed by atoms with Gasteiger partial charge in [-0.2, -0.15) is 0 Å². The van der Waals surface area contributed by atoms with Gasteiger partial charge in [-0.3, -0.25) is 0 Å². The van der Waals surface area contributed by atoms with E-state index in [9.17, 15) is 0 Å². The van der Waals surface area contributed by atoms with Gasteiger partial charge in [0.1, 0.15) is 17.5 Å². The lowest BCUT2D eigenvalue weighted by atomic mass is 10.2. The molecule has 1 aromatic rings. The van der Waals surface area contributed by atoms with Gasteiger partial charge in [-0.25, -0.2) is 9.97 Å². The van der Waals surface area contributed by atoms with Crippen molar-refractivity contribution in [2.24, 2.45) is 0 Å². The Hall–Kier alpha value is -1.36. The summed E-state index contributed by atoms with van der Waals surface area (Å²) in [5, 5.41) is 6.42. The van der Waals surface area contributed by atoms with Crippen LogP contribution in [-0.2, 0) is 11.2 Å². The van der Waals surface area contributed by atoms with Gasteiger partial charge in [-0.15, -0.1) is 0 Å². The molecule has 0 bridgehead atoms. The number of anilines is 2. The molecular weight excluding hydrogens is 228 g/mol. The molecule has 1 unspecified atom stereocenters. The molecule has 1 saturated heterocycles. The fraction of sp³-hybridized carbons (Fsp3) is 0.692. The summed E-state index contributed by atoms with van der Waals surface area (Å²) < 4.78 is 5.59. The summed E-state index contributed by atoms with van der Waals surface area (Å²) in [7, 11) is 1.88. The SMILES string of the molecule is CCCc1nc(NC)cc(NCC2CCCO2)n1. The van der Waals surface area contributed by atoms with Gasteiger partial charge in [-0.05, 0) is 19.3 Å². The topological polar surface area (TPSA) is 59.1 Å². The molecule has 5 nitrogen and oxygen atoms in total. The molecule has 2 N–H and O–H groups in total. The van der Waals surface area contributed by atoms with Crippen LogP contribution in [0, 0.1) is 0 Å². The maximum absolute atomic E-state index is 5.59. The minimum absolute atomic E-state index is 0.327. The molecule has 1 atom stereocenters. The van der Waals surface area contributed by atoms with Crippen LogP contribution in [0.4, 0.5) is 11.6 Å². The van der Waals surface area contributed by atoms with E-state index in [0.717, 1.165) is 49.9 Å². The number of aryl methyl sites for hydroxylation is 1. The maximum atomic E-state index is 5.59. The second kappa shape index (κ2) is 6.54. The van der Waals surface area contributed by atoms with Crippen molar-refractivity contribution in [3.63, 3.8) is 0 Å². The van der Waals surface area contributed by atoms with Gasteiger partial charge in [0.15, 0.2) is 0 Å². The van der Waals surface area contributed by atoms with Crippen molar-refractivity contribution in [2.45, 2.75) is 38.7 Å². The Kier molecular flexibility index (Phi) is 4.75. The van der Waals surface area contributed by atoms with Crippen LogP contribution in [-0.4, -0.2) is 36.3 Å². The van der Waals surface area contributed by atoms with E-state index >= 15 is 0 Å². The lowest BCUT2D eigenvalue weighted by Gasteiger charge is -2.13. The normalized spacial score (nSPS) is 18.9. The minimum Gasteiger partial charge on any atom is -0.376 e.